The second kappa shape index (κ2) is 6.16. The molecular formula is C18H19N5O2. The molecule has 1 aliphatic rings. The molecule has 7 nitrogen and oxygen atoms in total. The fourth-order valence-corrected chi connectivity index (χ4v) is 3.54. The highest BCUT2D eigenvalue weighted by atomic mass is 16.2. The molecule has 0 N–H and O–H groups in total. The van der Waals surface area contributed by atoms with Gasteiger partial charge in [0.1, 0.15) is 12.4 Å². The maximum Gasteiger partial charge on any atom is 0.267 e. The summed E-state index contributed by atoms with van der Waals surface area (Å²) in [4.78, 5) is 30.7. The fraction of sp³-hybridized carbons (Fsp3) is 0.333. The van der Waals surface area contributed by atoms with E-state index in [0.717, 1.165) is 23.3 Å². The number of aromatic nitrogens is 4. The lowest BCUT2D eigenvalue weighted by atomic mass is 10.2. The molecule has 25 heavy (non-hydrogen) atoms. The highest BCUT2D eigenvalue weighted by Crippen LogP contribution is 2.28. The predicted octanol–water partition coefficient (Wildman–Crippen LogP) is 1.38. The molecule has 0 unspecified atom stereocenters. The fourth-order valence-electron chi connectivity index (χ4n) is 3.54. The summed E-state index contributed by atoms with van der Waals surface area (Å²) >= 11 is 0. The van der Waals surface area contributed by atoms with Gasteiger partial charge < -0.3 is 9.47 Å². The molecule has 1 fully saturated rings. The zero-order chi connectivity index (χ0) is 17.4. The molecule has 3 heterocycles. The average Bonchev–Trinajstić information content (AvgIpc) is 3.20. The third kappa shape index (κ3) is 2.82. The van der Waals surface area contributed by atoms with Crippen molar-refractivity contribution in [2.75, 3.05) is 13.1 Å². The highest BCUT2D eigenvalue weighted by Gasteiger charge is 2.29. The van der Waals surface area contributed by atoms with E-state index in [2.05, 4.69) is 20.7 Å². The molecule has 0 radical (unpaired) electrons. The summed E-state index contributed by atoms with van der Waals surface area (Å²) in [5.74, 6) is 0.881. The second-order valence-corrected chi connectivity index (χ2v) is 6.32. The normalized spacial score (nSPS) is 17.3. The zero-order valence-electron chi connectivity index (χ0n) is 14.0. The van der Waals surface area contributed by atoms with E-state index in [4.69, 9.17) is 0 Å². The van der Waals surface area contributed by atoms with Crippen molar-refractivity contribution in [1.29, 1.82) is 0 Å². The zero-order valence-corrected chi connectivity index (χ0v) is 14.0. The van der Waals surface area contributed by atoms with Crippen molar-refractivity contribution in [3.8, 4) is 0 Å². The first-order chi connectivity index (χ1) is 12.1. The quantitative estimate of drug-likeness (QED) is 0.724. The number of aryl methyl sites for hydroxylation is 1. The first-order valence-corrected chi connectivity index (χ1v) is 8.37. The summed E-state index contributed by atoms with van der Waals surface area (Å²) in [5, 5.41) is 3.96. The van der Waals surface area contributed by atoms with Crippen molar-refractivity contribution in [2.45, 2.75) is 25.9 Å². The number of para-hydroxylation sites is 2. The van der Waals surface area contributed by atoms with Crippen LogP contribution in [-0.2, 0) is 11.3 Å². The Morgan fingerprint density at radius 2 is 2.08 bits per heavy atom. The molecule has 7 heteroatoms. The number of carbonyl (C=O) groups is 1. The Morgan fingerprint density at radius 1 is 1.24 bits per heavy atom. The summed E-state index contributed by atoms with van der Waals surface area (Å²) < 4.78 is 3.42. The van der Waals surface area contributed by atoms with Crippen LogP contribution in [0.3, 0.4) is 0 Å². The highest BCUT2D eigenvalue weighted by molar-refractivity contribution is 5.77. The lowest BCUT2D eigenvalue weighted by Gasteiger charge is -2.18. The van der Waals surface area contributed by atoms with E-state index in [1.165, 1.54) is 16.9 Å². The molecule has 1 aromatic carbocycles. The molecule has 0 saturated carbocycles. The van der Waals surface area contributed by atoms with Crippen molar-refractivity contribution >= 4 is 16.9 Å². The molecule has 1 amide bonds. The van der Waals surface area contributed by atoms with Gasteiger partial charge >= 0.3 is 0 Å². The van der Waals surface area contributed by atoms with E-state index in [1.807, 2.05) is 25.1 Å². The van der Waals surface area contributed by atoms with Crippen LogP contribution in [0.2, 0.25) is 0 Å². The molecular weight excluding hydrogens is 318 g/mol. The summed E-state index contributed by atoms with van der Waals surface area (Å²) in [5.41, 5.74) is 1.81. The Morgan fingerprint density at radius 3 is 2.92 bits per heavy atom. The van der Waals surface area contributed by atoms with Gasteiger partial charge in [0.2, 0.25) is 5.91 Å². The third-order valence-electron chi connectivity index (χ3n) is 4.72. The van der Waals surface area contributed by atoms with Crippen molar-refractivity contribution in [1.82, 2.24) is 24.2 Å². The Bertz CT molecular complexity index is 990. The monoisotopic (exact) mass is 337 g/mol. The van der Waals surface area contributed by atoms with Gasteiger partial charge in [0.25, 0.3) is 5.56 Å². The minimum Gasteiger partial charge on any atom is -0.339 e. The number of likely N-dealkylation sites (tertiary alicyclic amines) is 1. The van der Waals surface area contributed by atoms with Crippen molar-refractivity contribution in [2.24, 2.45) is 0 Å². The maximum absolute atomic E-state index is 12.5. The van der Waals surface area contributed by atoms with Crippen LogP contribution in [0, 0.1) is 6.92 Å². The number of imidazole rings is 1. The predicted molar refractivity (Wildman–Crippen MR) is 93.2 cm³/mol. The first-order valence-electron chi connectivity index (χ1n) is 8.37. The minimum absolute atomic E-state index is 0.0178. The molecule has 1 atom stereocenters. The van der Waals surface area contributed by atoms with Crippen LogP contribution in [0.4, 0.5) is 0 Å². The standard InChI is InChI=1S/C18H19N5O2/c1-13-20-15-5-2-3-6-16(15)23(13)14-8-10-21(11-14)18(25)12-22-17(24)7-4-9-19-22/h2-7,9,14H,8,10-12H2,1H3/t14-/m1/s1. The van der Waals surface area contributed by atoms with Crippen LogP contribution in [-0.4, -0.2) is 43.2 Å². The molecule has 0 aliphatic carbocycles. The smallest absolute Gasteiger partial charge is 0.267 e. The summed E-state index contributed by atoms with van der Waals surface area (Å²) in [7, 11) is 0. The lowest BCUT2D eigenvalue weighted by Crippen LogP contribution is -2.36. The van der Waals surface area contributed by atoms with Crippen molar-refractivity contribution in [3.05, 3.63) is 58.8 Å². The van der Waals surface area contributed by atoms with Gasteiger partial charge in [0.05, 0.1) is 17.1 Å². The van der Waals surface area contributed by atoms with Gasteiger partial charge in [-0.3, -0.25) is 9.59 Å². The van der Waals surface area contributed by atoms with Gasteiger partial charge in [-0.05, 0) is 31.5 Å². The molecule has 0 bridgehead atoms. The Labute approximate surface area is 144 Å². The van der Waals surface area contributed by atoms with Crippen LogP contribution in [0.15, 0.2) is 47.4 Å². The van der Waals surface area contributed by atoms with Gasteiger partial charge in [0.15, 0.2) is 0 Å². The Balaban J connectivity index is 1.53. The SMILES string of the molecule is Cc1nc2ccccc2n1[C@@H]1CCN(C(=O)Cn2ncccc2=O)C1. The lowest BCUT2D eigenvalue weighted by molar-refractivity contribution is -0.131. The Kier molecular flexibility index (Phi) is 3.83. The van der Waals surface area contributed by atoms with E-state index in [1.54, 1.807) is 11.0 Å². The van der Waals surface area contributed by atoms with Crippen molar-refractivity contribution in [3.63, 3.8) is 0 Å². The van der Waals surface area contributed by atoms with Crippen molar-refractivity contribution < 1.29 is 4.79 Å². The number of fused-ring (bicyclic) bond motifs is 1. The van der Waals surface area contributed by atoms with E-state index >= 15 is 0 Å². The maximum atomic E-state index is 12.5. The number of hydrogen-bond donors (Lipinski definition) is 0. The van der Waals surface area contributed by atoms with E-state index in [-0.39, 0.29) is 24.1 Å². The molecule has 1 aliphatic heterocycles. The van der Waals surface area contributed by atoms with E-state index in [9.17, 15) is 9.59 Å². The summed E-state index contributed by atoms with van der Waals surface area (Å²) in [6.45, 7) is 3.28. The molecule has 4 rings (SSSR count). The number of benzene rings is 1. The topological polar surface area (TPSA) is 73.0 Å². The van der Waals surface area contributed by atoms with Crippen LogP contribution in [0.25, 0.3) is 11.0 Å². The summed E-state index contributed by atoms with van der Waals surface area (Å²) in [6.07, 6.45) is 2.40. The van der Waals surface area contributed by atoms with Crippen LogP contribution < -0.4 is 5.56 Å². The molecule has 1 saturated heterocycles. The summed E-state index contributed by atoms with van der Waals surface area (Å²) in [6, 6.07) is 11.2. The molecule has 3 aromatic rings. The van der Waals surface area contributed by atoms with Gasteiger partial charge in [0, 0.05) is 25.4 Å². The van der Waals surface area contributed by atoms with E-state index in [0.29, 0.717) is 13.1 Å². The average molecular weight is 337 g/mol. The molecule has 128 valence electrons. The van der Waals surface area contributed by atoms with Crippen LogP contribution in [0.5, 0.6) is 0 Å². The number of hydrogen-bond acceptors (Lipinski definition) is 4. The largest absolute Gasteiger partial charge is 0.339 e. The number of rotatable bonds is 3. The second-order valence-electron chi connectivity index (χ2n) is 6.32. The number of amides is 1. The third-order valence-corrected chi connectivity index (χ3v) is 4.72. The first kappa shape index (κ1) is 15.6. The van der Waals surface area contributed by atoms with Gasteiger partial charge in [-0.1, -0.05) is 12.1 Å². The van der Waals surface area contributed by atoms with E-state index < -0.39 is 0 Å². The van der Waals surface area contributed by atoms with Gasteiger partial charge in [-0.2, -0.15) is 5.10 Å². The minimum atomic E-state index is -0.261. The molecule has 2 aromatic heterocycles. The van der Waals surface area contributed by atoms with Crippen LogP contribution in [0.1, 0.15) is 18.3 Å². The Hall–Kier alpha value is -2.96. The van der Waals surface area contributed by atoms with Crippen LogP contribution >= 0.6 is 0 Å². The number of carbonyl (C=O) groups excluding carboxylic acids is 1. The van der Waals surface area contributed by atoms with Gasteiger partial charge in [-0.25, -0.2) is 9.67 Å². The van der Waals surface area contributed by atoms with Gasteiger partial charge in [-0.15, -0.1) is 0 Å². The number of nitrogens with zero attached hydrogens (tertiary/aromatic N) is 5. The molecule has 0 spiro atoms.